The molecule has 2 aromatic rings. The quantitative estimate of drug-likeness (QED) is 0.805. The van der Waals surface area contributed by atoms with Crippen molar-refractivity contribution in [3.8, 4) is 11.6 Å². The molecule has 6 heteroatoms. The fraction of sp³-hybridized carbons (Fsp3) is 0.0909. The number of aromatic nitrogens is 2. The molecule has 0 saturated heterocycles. The second kappa shape index (κ2) is 5.42. The van der Waals surface area contributed by atoms with E-state index in [1.165, 1.54) is 24.5 Å². The Labute approximate surface area is 111 Å². The SMILES string of the molecule is Fc1cc(Br)ccc1Oc1cncc(CCl)n1. The summed E-state index contributed by atoms with van der Waals surface area (Å²) >= 11 is 8.78. The molecule has 0 atom stereocenters. The van der Waals surface area contributed by atoms with Gasteiger partial charge in [-0.15, -0.1) is 11.6 Å². The minimum Gasteiger partial charge on any atom is -0.434 e. The molecular weight excluding hydrogens is 310 g/mol. The first-order valence-electron chi connectivity index (χ1n) is 4.69. The van der Waals surface area contributed by atoms with Gasteiger partial charge >= 0.3 is 0 Å². The van der Waals surface area contributed by atoms with E-state index >= 15 is 0 Å². The highest BCUT2D eigenvalue weighted by molar-refractivity contribution is 9.10. The van der Waals surface area contributed by atoms with E-state index in [1.54, 1.807) is 6.07 Å². The van der Waals surface area contributed by atoms with E-state index in [0.717, 1.165) is 0 Å². The van der Waals surface area contributed by atoms with Crippen LogP contribution in [-0.2, 0) is 5.88 Å². The number of hydrogen-bond donors (Lipinski definition) is 0. The summed E-state index contributed by atoms with van der Waals surface area (Å²) < 4.78 is 19.4. The normalized spacial score (nSPS) is 10.3. The van der Waals surface area contributed by atoms with Gasteiger partial charge in [0.05, 0.1) is 17.8 Å². The van der Waals surface area contributed by atoms with Gasteiger partial charge in [-0.2, -0.15) is 0 Å². The van der Waals surface area contributed by atoms with Gasteiger partial charge in [0.25, 0.3) is 0 Å². The zero-order valence-corrected chi connectivity index (χ0v) is 10.9. The van der Waals surface area contributed by atoms with Crippen LogP contribution in [0.2, 0.25) is 0 Å². The Bertz CT molecular complexity index is 539. The fourth-order valence-corrected chi connectivity index (χ4v) is 1.63. The Morgan fingerprint density at radius 1 is 1.35 bits per heavy atom. The van der Waals surface area contributed by atoms with Crippen LogP contribution >= 0.6 is 27.5 Å². The summed E-state index contributed by atoms with van der Waals surface area (Å²) in [6, 6.07) is 4.50. The van der Waals surface area contributed by atoms with Gasteiger partial charge in [-0.25, -0.2) is 9.37 Å². The molecule has 0 amide bonds. The summed E-state index contributed by atoms with van der Waals surface area (Å²) in [5.74, 6) is 0.0589. The van der Waals surface area contributed by atoms with Crippen molar-refractivity contribution in [3.05, 3.63) is 46.6 Å². The molecule has 0 unspecified atom stereocenters. The monoisotopic (exact) mass is 316 g/mol. The number of nitrogens with zero attached hydrogens (tertiary/aromatic N) is 2. The van der Waals surface area contributed by atoms with Crippen LogP contribution in [0.4, 0.5) is 4.39 Å². The van der Waals surface area contributed by atoms with Crippen molar-refractivity contribution in [3.63, 3.8) is 0 Å². The Balaban J connectivity index is 2.25. The zero-order valence-electron chi connectivity index (χ0n) is 8.53. The van der Waals surface area contributed by atoms with Crippen LogP contribution < -0.4 is 4.74 Å². The van der Waals surface area contributed by atoms with Crippen molar-refractivity contribution in [1.82, 2.24) is 9.97 Å². The summed E-state index contributed by atoms with van der Waals surface area (Å²) in [7, 11) is 0. The molecule has 2 rings (SSSR count). The fourth-order valence-electron chi connectivity index (χ4n) is 1.17. The van der Waals surface area contributed by atoms with Gasteiger partial charge in [0.2, 0.25) is 5.88 Å². The van der Waals surface area contributed by atoms with E-state index in [2.05, 4.69) is 25.9 Å². The summed E-state index contributed by atoms with van der Waals surface area (Å²) in [6.45, 7) is 0. The maximum Gasteiger partial charge on any atom is 0.238 e. The standard InChI is InChI=1S/C11H7BrClFN2O/c12-7-1-2-10(9(14)3-7)17-11-6-15-5-8(4-13)16-11/h1-3,5-6H,4H2. The molecule has 1 aromatic carbocycles. The highest BCUT2D eigenvalue weighted by Gasteiger charge is 2.07. The first-order chi connectivity index (χ1) is 8.19. The number of halogens is 3. The average molecular weight is 318 g/mol. The minimum absolute atomic E-state index is 0.0919. The van der Waals surface area contributed by atoms with Crippen LogP contribution in [-0.4, -0.2) is 9.97 Å². The third-order valence-corrected chi connectivity index (χ3v) is 2.67. The Morgan fingerprint density at radius 2 is 2.18 bits per heavy atom. The first-order valence-corrected chi connectivity index (χ1v) is 6.01. The molecule has 0 spiro atoms. The number of hydrogen-bond acceptors (Lipinski definition) is 3. The van der Waals surface area contributed by atoms with Gasteiger partial charge < -0.3 is 4.74 Å². The van der Waals surface area contributed by atoms with E-state index in [-0.39, 0.29) is 17.5 Å². The van der Waals surface area contributed by atoms with Crippen molar-refractivity contribution in [2.45, 2.75) is 5.88 Å². The molecule has 0 aliphatic rings. The van der Waals surface area contributed by atoms with Gasteiger partial charge in [0.15, 0.2) is 11.6 Å². The van der Waals surface area contributed by atoms with Crippen LogP contribution in [0.25, 0.3) is 0 Å². The predicted octanol–water partition coefficient (Wildman–Crippen LogP) is 3.91. The Kier molecular flexibility index (Phi) is 3.91. The Morgan fingerprint density at radius 3 is 2.88 bits per heavy atom. The molecule has 0 fully saturated rings. The van der Waals surface area contributed by atoms with Crippen LogP contribution in [0.15, 0.2) is 35.1 Å². The van der Waals surface area contributed by atoms with Gasteiger partial charge in [-0.1, -0.05) is 15.9 Å². The molecule has 0 N–H and O–H groups in total. The number of rotatable bonds is 3. The molecular formula is C11H7BrClFN2O. The van der Waals surface area contributed by atoms with Crippen LogP contribution in [0.5, 0.6) is 11.6 Å². The first kappa shape index (κ1) is 12.3. The average Bonchev–Trinajstić information content (AvgIpc) is 2.33. The van der Waals surface area contributed by atoms with E-state index in [9.17, 15) is 4.39 Å². The summed E-state index contributed by atoms with van der Waals surface area (Å²) in [5, 5.41) is 0. The lowest BCUT2D eigenvalue weighted by Gasteiger charge is -2.06. The highest BCUT2D eigenvalue weighted by atomic mass is 79.9. The zero-order chi connectivity index (χ0) is 12.3. The molecule has 0 aliphatic heterocycles. The van der Waals surface area contributed by atoms with E-state index < -0.39 is 5.82 Å². The highest BCUT2D eigenvalue weighted by Crippen LogP contribution is 2.25. The van der Waals surface area contributed by atoms with E-state index in [0.29, 0.717) is 10.2 Å². The van der Waals surface area contributed by atoms with Crippen molar-refractivity contribution in [2.75, 3.05) is 0 Å². The maximum atomic E-state index is 13.5. The molecule has 1 heterocycles. The lowest BCUT2D eigenvalue weighted by atomic mass is 10.3. The lowest BCUT2D eigenvalue weighted by molar-refractivity contribution is 0.424. The third-order valence-electron chi connectivity index (χ3n) is 1.91. The maximum absolute atomic E-state index is 13.5. The van der Waals surface area contributed by atoms with E-state index in [4.69, 9.17) is 16.3 Å². The Hall–Kier alpha value is -1.20. The van der Waals surface area contributed by atoms with Crippen molar-refractivity contribution >= 4 is 27.5 Å². The minimum atomic E-state index is -0.475. The number of benzene rings is 1. The van der Waals surface area contributed by atoms with Gasteiger partial charge in [-0.3, -0.25) is 4.98 Å². The molecule has 3 nitrogen and oxygen atoms in total. The van der Waals surface area contributed by atoms with Crippen LogP contribution in [0, 0.1) is 5.82 Å². The molecule has 17 heavy (non-hydrogen) atoms. The van der Waals surface area contributed by atoms with Gasteiger partial charge in [0, 0.05) is 10.7 Å². The molecule has 0 radical (unpaired) electrons. The molecule has 0 aliphatic carbocycles. The summed E-state index contributed by atoms with van der Waals surface area (Å²) in [4.78, 5) is 7.95. The van der Waals surface area contributed by atoms with Crippen molar-refractivity contribution < 1.29 is 9.13 Å². The molecule has 88 valence electrons. The van der Waals surface area contributed by atoms with Crippen molar-refractivity contribution in [1.29, 1.82) is 0 Å². The van der Waals surface area contributed by atoms with Crippen LogP contribution in [0.3, 0.4) is 0 Å². The topological polar surface area (TPSA) is 35.0 Å². The van der Waals surface area contributed by atoms with Crippen LogP contribution in [0.1, 0.15) is 5.69 Å². The molecule has 0 bridgehead atoms. The number of ether oxygens (including phenoxy) is 1. The second-order valence-electron chi connectivity index (χ2n) is 3.16. The van der Waals surface area contributed by atoms with Gasteiger partial charge in [-0.05, 0) is 18.2 Å². The smallest absolute Gasteiger partial charge is 0.238 e. The largest absolute Gasteiger partial charge is 0.434 e. The second-order valence-corrected chi connectivity index (χ2v) is 4.34. The molecule has 0 saturated carbocycles. The van der Waals surface area contributed by atoms with Crippen molar-refractivity contribution in [2.24, 2.45) is 0 Å². The third kappa shape index (κ3) is 3.14. The summed E-state index contributed by atoms with van der Waals surface area (Å²) in [5.41, 5.74) is 0.571. The summed E-state index contributed by atoms with van der Waals surface area (Å²) in [6.07, 6.45) is 2.93. The number of alkyl halides is 1. The van der Waals surface area contributed by atoms with E-state index in [1.807, 2.05) is 0 Å². The lowest BCUT2D eigenvalue weighted by Crippen LogP contribution is -1.94. The van der Waals surface area contributed by atoms with Gasteiger partial charge in [0.1, 0.15) is 0 Å². The molecule has 1 aromatic heterocycles. The predicted molar refractivity (Wildman–Crippen MR) is 65.8 cm³/mol.